The number of aromatic nitrogens is 1. The zero-order valence-electron chi connectivity index (χ0n) is 26.3. The van der Waals surface area contributed by atoms with E-state index >= 15 is 0 Å². The zero-order valence-corrected chi connectivity index (χ0v) is 27.1. The van der Waals surface area contributed by atoms with Crippen molar-refractivity contribution in [3.63, 3.8) is 0 Å². The number of benzene rings is 3. The van der Waals surface area contributed by atoms with Crippen molar-refractivity contribution in [2.45, 2.75) is 37.0 Å². The van der Waals surface area contributed by atoms with Gasteiger partial charge in [-0.25, -0.2) is 18.1 Å². The lowest BCUT2D eigenvalue weighted by Gasteiger charge is -2.11. The second kappa shape index (κ2) is 17.3. The van der Waals surface area contributed by atoms with E-state index in [1.807, 2.05) is 24.3 Å². The van der Waals surface area contributed by atoms with Crippen LogP contribution >= 0.6 is 0 Å². The van der Waals surface area contributed by atoms with Gasteiger partial charge in [0.25, 0.3) is 15.9 Å². The van der Waals surface area contributed by atoms with Gasteiger partial charge in [-0.1, -0.05) is 48.4 Å². The average molecular weight is 653 g/mol. The molecular formula is C37H36N2O7S. The van der Waals surface area contributed by atoms with Crippen LogP contribution in [0.4, 0.5) is 0 Å². The molecule has 0 saturated heterocycles. The third-order valence-electron chi connectivity index (χ3n) is 6.94. The summed E-state index contributed by atoms with van der Waals surface area (Å²) >= 11 is 0. The van der Waals surface area contributed by atoms with Crippen molar-refractivity contribution in [1.82, 2.24) is 9.71 Å². The van der Waals surface area contributed by atoms with Gasteiger partial charge in [-0.2, -0.15) is 0 Å². The molecule has 9 nitrogen and oxygen atoms in total. The predicted molar refractivity (Wildman–Crippen MR) is 179 cm³/mol. The van der Waals surface area contributed by atoms with E-state index < -0.39 is 15.9 Å². The van der Waals surface area contributed by atoms with Crippen molar-refractivity contribution in [1.29, 1.82) is 0 Å². The normalized spacial score (nSPS) is 10.9. The van der Waals surface area contributed by atoms with Gasteiger partial charge in [0.2, 0.25) is 0 Å². The molecule has 0 aliphatic rings. The number of pyridine rings is 1. The largest absolute Gasteiger partial charge is 0.497 e. The Hall–Kier alpha value is -5.40. The van der Waals surface area contributed by atoms with E-state index in [4.69, 9.17) is 14.2 Å². The molecule has 242 valence electrons. The van der Waals surface area contributed by atoms with Crippen LogP contribution in [0.3, 0.4) is 0 Å². The number of carbonyl (C=O) groups is 2. The van der Waals surface area contributed by atoms with Crippen molar-refractivity contribution in [2.24, 2.45) is 0 Å². The fourth-order valence-electron chi connectivity index (χ4n) is 4.35. The maximum Gasteiger partial charge on any atom is 0.305 e. The summed E-state index contributed by atoms with van der Waals surface area (Å²) in [4.78, 5) is 29.0. The molecule has 0 radical (unpaired) electrons. The SMILES string of the molecule is COC(=O)CCc1nc(C#Cc2ccc(C(=O)NS(=O)(=O)c3ccccc3)cc2)ccc1OCCCCC=Cc1ccc(OC)cc1. The lowest BCUT2D eigenvalue weighted by molar-refractivity contribution is -0.140. The van der Waals surface area contributed by atoms with E-state index in [1.54, 1.807) is 49.6 Å². The van der Waals surface area contributed by atoms with Crippen LogP contribution in [0, 0.1) is 11.8 Å². The average Bonchev–Trinajstić information content (AvgIpc) is 3.10. The van der Waals surface area contributed by atoms with Gasteiger partial charge in [0.05, 0.1) is 37.8 Å². The number of methoxy groups -OCH3 is 2. The molecule has 0 saturated carbocycles. The molecule has 4 aromatic rings. The molecule has 0 unspecified atom stereocenters. The number of esters is 1. The molecule has 0 atom stereocenters. The summed E-state index contributed by atoms with van der Waals surface area (Å²) in [6, 6.07) is 25.4. The minimum absolute atomic E-state index is 0.000167. The molecule has 0 spiro atoms. The lowest BCUT2D eigenvalue weighted by Crippen LogP contribution is -2.30. The van der Waals surface area contributed by atoms with Crippen LogP contribution in [0.25, 0.3) is 6.08 Å². The number of hydrogen-bond donors (Lipinski definition) is 1. The standard InChI is InChI=1S/C37H36N2O7S/c1-44-32-22-16-28(17-23-32)10-6-3-4-9-27-46-35-25-21-31(38-34(35)24-26-36(40)45-2)20-15-29-13-18-30(19-14-29)37(41)39-47(42,43)33-11-7-5-8-12-33/h5-8,10-14,16-19,21-23,25H,3-4,9,24,26-27H2,1-2H3,(H,39,41). The number of nitrogens with one attached hydrogen (secondary N) is 1. The van der Waals surface area contributed by atoms with Crippen LogP contribution in [-0.4, -0.2) is 46.1 Å². The summed E-state index contributed by atoms with van der Waals surface area (Å²) < 4.78 is 43.0. The summed E-state index contributed by atoms with van der Waals surface area (Å²) in [6.07, 6.45) is 7.41. The topological polar surface area (TPSA) is 121 Å². The van der Waals surface area contributed by atoms with Crippen LogP contribution in [0.5, 0.6) is 11.5 Å². The summed E-state index contributed by atoms with van der Waals surface area (Å²) in [5.41, 5.74) is 2.98. The second-order valence-corrected chi connectivity index (χ2v) is 12.0. The molecule has 4 rings (SSSR count). The Kier molecular flexibility index (Phi) is 12.7. The molecule has 3 aromatic carbocycles. The highest BCUT2D eigenvalue weighted by Crippen LogP contribution is 2.20. The van der Waals surface area contributed by atoms with Crippen LogP contribution in [0.15, 0.2) is 102 Å². The van der Waals surface area contributed by atoms with Gasteiger partial charge in [0, 0.05) is 17.5 Å². The predicted octanol–water partition coefficient (Wildman–Crippen LogP) is 5.98. The van der Waals surface area contributed by atoms with Gasteiger partial charge in [-0.3, -0.25) is 9.59 Å². The molecule has 0 aliphatic carbocycles. The lowest BCUT2D eigenvalue weighted by atomic mass is 10.1. The molecule has 0 aliphatic heterocycles. The van der Waals surface area contributed by atoms with E-state index in [2.05, 4.69) is 33.7 Å². The van der Waals surface area contributed by atoms with E-state index in [1.165, 1.54) is 31.4 Å². The number of amides is 1. The summed E-state index contributed by atoms with van der Waals surface area (Å²) in [5.74, 6) is 6.34. The first-order chi connectivity index (χ1) is 22.8. The Balaban J connectivity index is 1.34. The van der Waals surface area contributed by atoms with Gasteiger partial charge in [0.15, 0.2) is 0 Å². The van der Waals surface area contributed by atoms with Crippen molar-refractivity contribution in [3.05, 3.63) is 125 Å². The van der Waals surface area contributed by atoms with Crippen molar-refractivity contribution in [3.8, 4) is 23.3 Å². The fraction of sp³-hybridized carbons (Fsp3) is 0.216. The number of rotatable bonds is 14. The van der Waals surface area contributed by atoms with Gasteiger partial charge in [-0.15, -0.1) is 0 Å². The first kappa shape index (κ1) is 34.5. The Labute approximate surface area is 275 Å². The number of nitrogens with zero attached hydrogens (tertiary/aromatic N) is 1. The first-order valence-electron chi connectivity index (χ1n) is 15.0. The van der Waals surface area contributed by atoms with Gasteiger partial charge in [-0.05, 0) is 91.4 Å². The Morgan fingerprint density at radius 2 is 1.62 bits per heavy atom. The highest BCUT2D eigenvalue weighted by Gasteiger charge is 2.18. The molecule has 1 aromatic heterocycles. The Morgan fingerprint density at radius 1 is 0.872 bits per heavy atom. The number of carbonyl (C=O) groups excluding carboxylic acids is 2. The maximum absolute atomic E-state index is 12.5. The highest BCUT2D eigenvalue weighted by molar-refractivity contribution is 7.90. The molecule has 1 N–H and O–H groups in total. The smallest absolute Gasteiger partial charge is 0.305 e. The van der Waals surface area contributed by atoms with Gasteiger partial charge < -0.3 is 14.2 Å². The number of sulfonamides is 1. The number of allylic oxidation sites excluding steroid dienone is 1. The minimum Gasteiger partial charge on any atom is -0.497 e. The fourth-order valence-corrected chi connectivity index (χ4v) is 5.35. The zero-order chi connectivity index (χ0) is 33.5. The minimum atomic E-state index is -3.99. The van der Waals surface area contributed by atoms with Gasteiger partial charge >= 0.3 is 5.97 Å². The monoisotopic (exact) mass is 652 g/mol. The molecule has 0 fully saturated rings. The Morgan fingerprint density at radius 3 is 2.32 bits per heavy atom. The summed E-state index contributed by atoms with van der Waals surface area (Å²) in [5, 5.41) is 0. The summed E-state index contributed by atoms with van der Waals surface area (Å²) in [7, 11) is -0.998. The van der Waals surface area contributed by atoms with E-state index in [9.17, 15) is 18.0 Å². The van der Waals surface area contributed by atoms with Crippen LogP contribution in [0.2, 0.25) is 0 Å². The van der Waals surface area contributed by atoms with E-state index in [0.717, 1.165) is 30.6 Å². The maximum atomic E-state index is 12.5. The molecule has 10 heteroatoms. The molecular weight excluding hydrogens is 616 g/mol. The third-order valence-corrected chi connectivity index (χ3v) is 8.28. The number of hydrogen-bond acceptors (Lipinski definition) is 8. The number of aryl methyl sites for hydroxylation is 1. The van der Waals surface area contributed by atoms with Crippen molar-refractivity contribution in [2.75, 3.05) is 20.8 Å². The number of ether oxygens (including phenoxy) is 3. The molecule has 47 heavy (non-hydrogen) atoms. The summed E-state index contributed by atoms with van der Waals surface area (Å²) in [6.45, 7) is 0.501. The van der Waals surface area contributed by atoms with Crippen LogP contribution < -0.4 is 14.2 Å². The van der Waals surface area contributed by atoms with E-state index in [0.29, 0.717) is 35.7 Å². The Bertz CT molecular complexity index is 1840. The van der Waals surface area contributed by atoms with Gasteiger partial charge in [0.1, 0.15) is 17.2 Å². The molecule has 1 heterocycles. The molecule has 0 bridgehead atoms. The quantitative estimate of drug-likeness (QED) is 0.100. The highest BCUT2D eigenvalue weighted by atomic mass is 32.2. The van der Waals surface area contributed by atoms with Crippen LogP contribution in [-0.2, 0) is 26.0 Å². The third kappa shape index (κ3) is 10.9. The van der Waals surface area contributed by atoms with Crippen molar-refractivity contribution < 1.29 is 32.2 Å². The second-order valence-electron chi connectivity index (χ2n) is 10.3. The first-order valence-corrected chi connectivity index (χ1v) is 16.5. The molecule has 1 amide bonds. The van der Waals surface area contributed by atoms with Crippen molar-refractivity contribution >= 4 is 28.0 Å². The number of unbranched alkanes of at least 4 members (excludes halogenated alkanes) is 2. The van der Waals surface area contributed by atoms with E-state index in [-0.39, 0.29) is 22.8 Å². The van der Waals surface area contributed by atoms with Crippen LogP contribution in [0.1, 0.15) is 58.6 Å².